The predicted octanol–water partition coefficient (Wildman–Crippen LogP) is 4.21. The molecule has 6 heteroatoms. The van der Waals surface area contributed by atoms with Crippen LogP contribution >= 0.6 is 0 Å². The van der Waals surface area contributed by atoms with Crippen LogP contribution in [0.15, 0.2) is 35.2 Å². The molecule has 0 amide bonds. The van der Waals surface area contributed by atoms with Crippen molar-refractivity contribution >= 4 is 11.9 Å². The Labute approximate surface area is 176 Å². The summed E-state index contributed by atoms with van der Waals surface area (Å²) < 4.78 is 23.5. The SMILES string of the molecule is C/C=C\[C@@H](C)C(=O)O[C@@H]1C[C@H]2C(=O)O[C@@H](c3ccoc3)[C@@H]2[C@H]2CC[C@H]3O[C@@]3(C)[C@]21C. The van der Waals surface area contributed by atoms with Crippen molar-refractivity contribution in [3.8, 4) is 0 Å². The molecule has 0 unspecified atom stereocenters. The zero-order chi connectivity index (χ0) is 21.3. The highest BCUT2D eigenvalue weighted by Crippen LogP contribution is 2.69. The molecule has 4 fully saturated rings. The van der Waals surface area contributed by atoms with Crippen molar-refractivity contribution in [1.29, 1.82) is 0 Å². The quantitative estimate of drug-likeness (QED) is 0.417. The average molecular weight is 414 g/mol. The Bertz CT molecular complexity index is 874. The first-order valence-corrected chi connectivity index (χ1v) is 11.0. The molecule has 0 spiro atoms. The summed E-state index contributed by atoms with van der Waals surface area (Å²) in [5.74, 6) is -0.861. The van der Waals surface area contributed by atoms with Gasteiger partial charge in [0.25, 0.3) is 0 Å². The molecule has 4 aliphatic rings. The molecule has 2 aliphatic carbocycles. The second-order valence-corrected chi connectivity index (χ2v) is 9.75. The molecular weight excluding hydrogens is 384 g/mol. The summed E-state index contributed by atoms with van der Waals surface area (Å²) in [5.41, 5.74) is 0.181. The van der Waals surface area contributed by atoms with Gasteiger partial charge in [0.05, 0.1) is 30.5 Å². The topological polar surface area (TPSA) is 78.3 Å². The highest BCUT2D eigenvalue weighted by molar-refractivity contribution is 5.77. The van der Waals surface area contributed by atoms with E-state index in [0.29, 0.717) is 6.42 Å². The molecule has 30 heavy (non-hydrogen) atoms. The number of epoxide rings is 1. The van der Waals surface area contributed by atoms with E-state index >= 15 is 0 Å². The lowest BCUT2D eigenvalue weighted by molar-refractivity contribution is -0.185. The Morgan fingerprint density at radius 2 is 2.13 bits per heavy atom. The molecule has 2 aliphatic heterocycles. The number of cyclic esters (lactones) is 1. The lowest BCUT2D eigenvalue weighted by Crippen LogP contribution is -2.61. The highest BCUT2D eigenvalue weighted by atomic mass is 16.6. The largest absolute Gasteiger partial charge is 0.472 e. The maximum atomic E-state index is 12.9. The summed E-state index contributed by atoms with van der Waals surface area (Å²) in [6, 6.07) is 1.88. The monoisotopic (exact) mass is 414 g/mol. The summed E-state index contributed by atoms with van der Waals surface area (Å²) in [7, 11) is 0. The maximum absolute atomic E-state index is 12.9. The van der Waals surface area contributed by atoms with Crippen LogP contribution in [0.1, 0.15) is 58.6 Å². The third-order valence-corrected chi connectivity index (χ3v) is 8.47. The molecule has 2 saturated carbocycles. The van der Waals surface area contributed by atoms with Gasteiger partial charge in [-0.1, -0.05) is 19.1 Å². The van der Waals surface area contributed by atoms with Crippen LogP contribution in [0.4, 0.5) is 0 Å². The number of ether oxygens (including phenoxy) is 3. The fraction of sp³-hybridized carbons (Fsp3) is 0.667. The first-order valence-electron chi connectivity index (χ1n) is 11.0. The maximum Gasteiger partial charge on any atom is 0.312 e. The molecule has 0 aromatic carbocycles. The van der Waals surface area contributed by atoms with E-state index in [-0.39, 0.29) is 64.9 Å². The van der Waals surface area contributed by atoms with E-state index in [1.54, 1.807) is 12.5 Å². The van der Waals surface area contributed by atoms with Crippen LogP contribution in [0, 0.1) is 29.1 Å². The summed E-state index contributed by atoms with van der Waals surface area (Å²) in [6.45, 7) is 8.07. The van der Waals surface area contributed by atoms with Crippen molar-refractivity contribution in [2.45, 2.75) is 70.9 Å². The molecule has 0 radical (unpaired) electrons. The van der Waals surface area contributed by atoms with Gasteiger partial charge in [-0.05, 0) is 52.0 Å². The first-order chi connectivity index (χ1) is 14.3. The van der Waals surface area contributed by atoms with Gasteiger partial charge in [-0.25, -0.2) is 0 Å². The van der Waals surface area contributed by atoms with Crippen LogP contribution in [0.3, 0.4) is 0 Å². The Balaban J connectivity index is 1.52. The minimum absolute atomic E-state index is 0.0324. The highest BCUT2D eigenvalue weighted by Gasteiger charge is 2.76. The summed E-state index contributed by atoms with van der Waals surface area (Å²) in [5, 5.41) is 0. The van der Waals surface area contributed by atoms with Gasteiger partial charge < -0.3 is 18.6 Å². The molecule has 162 valence electrons. The zero-order valence-electron chi connectivity index (χ0n) is 18.0. The lowest BCUT2D eigenvalue weighted by Gasteiger charge is -2.55. The lowest BCUT2D eigenvalue weighted by atomic mass is 9.48. The minimum Gasteiger partial charge on any atom is -0.472 e. The van der Waals surface area contributed by atoms with Crippen molar-refractivity contribution in [3.05, 3.63) is 36.3 Å². The Kier molecular flexibility index (Phi) is 4.44. The number of carbonyl (C=O) groups excluding carboxylic acids is 2. The summed E-state index contributed by atoms with van der Waals surface area (Å²) >= 11 is 0. The third kappa shape index (κ3) is 2.58. The van der Waals surface area contributed by atoms with Crippen molar-refractivity contribution in [3.63, 3.8) is 0 Å². The van der Waals surface area contributed by atoms with Crippen LogP contribution in [0.5, 0.6) is 0 Å². The smallest absolute Gasteiger partial charge is 0.312 e. The van der Waals surface area contributed by atoms with Crippen LogP contribution in [-0.4, -0.2) is 29.7 Å². The predicted molar refractivity (Wildman–Crippen MR) is 107 cm³/mol. The van der Waals surface area contributed by atoms with Crippen molar-refractivity contribution in [2.75, 3.05) is 0 Å². The molecule has 5 rings (SSSR count). The number of carbonyl (C=O) groups is 2. The number of hydrogen-bond acceptors (Lipinski definition) is 6. The molecule has 2 saturated heterocycles. The van der Waals surface area contributed by atoms with Gasteiger partial charge in [-0.15, -0.1) is 0 Å². The van der Waals surface area contributed by atoms with E-state index in [0.717, 1.165) is 18.4 Å². The minimum atomic E-state index is -0.380. The zero-order valence-corrected chi connectivity index (χ0v) is 18.0. The fourth-order valence-corrected chi connectivity index (χ4v) is 6.61. The number of furan rings is 1. The summed E-state index contributed by atoms with van der Waals surface area (Å²) in [4.78, 5) is 25.7. The molecule has 9 atom stereocenters. The van der Waals surface area contributed by atoms with E-state index in [4.69, 9.17) is 18.6 Å². The van der Waals surface area contributed by atoms with Gasteiger partial charge in [-0.3, -0.25) is 9.59 Å². The second kappa shape index (κ2) is 6.71. The molecule has 1 aromatic heterocycles. The Morgan fingerprint density at radius 3 is 2.83 bits per heavy atom. The van der Waals surface area contributed by atoms with E-state index in [1.807, 2.05) is 32.1 Å². The second-order valence-electron chi connectivity index (χ2n) is 9.75. The van der Waals surface area contributed by atoms with Crippen LogP contribution in [-0.2, 0) is 23.8 Å². The number of allylic oxidation sites excluding steroid dienone is 1. The van der Waals surface area contributed by atoms with E-state index < -0.39 is 0 Å². The van der Waals surface area contributed by atoms with Gasteiger partial charge in [0.2, 0.25) is 0 Å². The van der Waals surface area contributed by atoms with Gasteiger partial charge >= 0.3 is 11.9 Å². The standard InChI is InChI=1S/C24H30O6/c1-5-6-13(2)21(25)28-18-11-15-19(20(29-22(15)26)14-9-10-27-12-14)16-7-8-17-24(4,30-17)23(16,18)3/h5-6,9-10,12-13,15-20H,7-8,11H2,1-4H3/b6-5-/t13-,15-,16-,17-,18-,19+,20+,23-,24-/m1/s1. The molecule has 0 bridgehead atoms. The Hall–Kier alpha value is -2.08. The number of esters is 2. The number of fused-ring (bicyclic) bond motifs is 5. The summed E-state index contributed by atoms with van der Waals surface area (Å²) in [6.07, 6.45) is 8.85. The molecular formula is C24H30O6. The normalized spacial score (nSPS) is 45.3. The van der Waals surface area contributed by atoms with E-state index in [9.17, 15) is 9.59 Å². The molecule has 1 aromatic rings. The number of hydrogen-bond donors (Lipinski definition) is 0. The first kappa shape index (κ1) is 19.9. The van der Waals surface area contributed by atoms with Gasteiger partial charge in [-0.2, -0.15) is 0 Å². The van der Waals surface area contributed by atoms with Gasteiger partial charge in [0, 0.05) is 16.9 Å². The van der Waals surface area contributed by atoms with Gasteiger partial charge in [0.1, 0.15) is 17.8 Å². The molecule has 3 heterocycles. The number of rotatable bonds is 4. The van der Waals surface area contributed by atoms with E-state index in [2.05, 4.69) is 13.8 Å². The van der Waals surface area contributed by atoms with Crippen molar-refractivity contribution in [1.82, 2.24) is 0 Å². The fourth-order valence-electron chi connectivity index (χ4n) is 6.61. The van der Waals surface area contributed by atoms with Crippen molar-refractivity contribution < 1.29 is 28.2 Å². The van der Waals surface area contributed by atoms with Crippen LogP contribution < -0.4 is 0 Å². The van der Waals surface area contributed by atoms with E-state index in [1.165, 1.54) is 0 Å². The average Bonchev–Trinajstić information content (AvgIpc) is 3.05. The third-order valence-electron chi connectivity index (χ3n) is 8.47. The van der Waals surface area contributed by atoms with Gasteiger partial charge in [0.15, 0.2) is 0 Å². The molecule has 0 N–H and O–H groups in total. The van der Waals surface area contributed by atoms with Crippen LogP contribution in [0.25, 0.3) is 0 Å². The van der Waals surface area contributed by atoms with Crippen molar-refractivity contribution in [2.24, 2.45) is 29.1 Å². The van der Waals surface area contributed by atoms with Crippen LogP contribution in [0.2, 0.25) is 0 Å². The Morgan fingerprint density at radius 1 is 1.33 bits per heavy atom. The molecule has 6 nitrogen and oxygen atoms in total.